The van der Waals surface area contributed by atoms with Gasteiger partial charge < -0.3 is 20.1 Å². The highest BCUT2D eigenvalue weighted by Crippen LogP contribution is 2.11. The van der Waals surface area contributed by atoms with Gasteiger partial charge in [-0.2, -0.15) is 0 Å². The summed E-state index contributed by atoms with van der Waals surface area (Å²) in [5.74, 6) is 0. The minimum Gasteiger partial charge on any atom is -0.445 e. The summed E-state index contributed by atoms with van der Waals surface area (Å²) < 4.78 is 10.4. The predicted octanol–water partition coefficient (Wildman–Crippen LogP) is 3.29. The molecule has 0 saturated carbocycles. The van der Waals surface area contributed by atoms with Crippen LogP contribution in [0.1, 0.15) is 47.0 Å². The molecule has 0 aromatic carbocycles. The summed E-state index contributed by atoms with van der Waals surface area (Å²) in [6.07, 6.45) is 7.63. The van der Waals surface area contributed by atoms with Crippen LogP contribution in [0.3, 0.4) is 0 Å². The normalized spacial score (nSPS) is 15.4. The largest absolute Gasteiger partial charge is 0.445 e. The third-order valence-electron chi connectivity index (χ3n) is 3.20. The SMILES string of the molecule is CC[C@H](CNC(=O)OC(C)(C)C)NC(=O)OCC1=CC=CCC1. The molecule has 23 heavy (non-hydrogen) atoms. The molecular formula is C17H28N2O4. The molecule has 0 aromatic rings. The maximum Gasteiger partial charge on any atom is 0.407 e. The molecule has 0 unspecified atom stereocenters. The Morgan fingerprint density at radius 1 is 1.30 bits per heavy atom. The summed E-state index contributed by atoms with van der Waals surface area (Å²) in [5.41, 5.74) is 0.558. The van der Waals surface area contributed by atoms with Crippen molar-refractivity contribution in [3.63, 3.8) is 0 Å². The van der Waals surface area contributed by atoms with Crippen LogP contribution in [0.5, 0.6) is 0 Å². The van der Waals surface area contributed by atoms with Gasteiger partial charge in [0.15, 0.2) is 0 Å². The van der Waals surface area contributed by atoms with Gasteiger partial charge in [0, 0.05) is 12.6 Å². The molecule has 1 aliphatic carbocycles. The number of hydrogen-bond acceptors (Lipinski definition) is 4. The van der Waals surface area contributed by atoms with Gasteiger partial charge in [-0.25, -0.2) is 9.59 Å². The fraction of sp³-hybridized carbons (Fsp3) is 0.647. The molecule has 0 heterocycles. The van der Waals surface area contributed by atoms with Crippen molar-refractivity contribution in [1.82, 2.24) is 10.6 Å². The van der Waals surface area contributed by atoms with Gasteiger partial charge in [-0.3, -0.25) is 0 Å². The van der Waals surface area contributed by atoms with Gasteiger partial charge in [-0.05, 0) is 45.6 Å². The van der Waals surface area contributed by atoms with E-state index in [2.05, 4.69) is 16.7 Å². The van der Waals surface area contributed by atoms with E-state index in [-0.39, 0.29) is 6.04 Å². The molecule has 0 spiro atoms. The van der Waals surface area contributed by atoms with E-state index >= 15 is 0 Å². The van der Waals surface area contributed by atoms with Gasteiger partial charge in [0.2, 0.25) is 0 Å². The van der Waals surface area contributed by atoms with Crippen LogP contribution in [-0.4, -0.2) is 37.0 Å². The Hall–Kier alpha value is -1.98. The smallest absolute Gasteiger partial charge is 0.407 e. The van der Waals surface area contributed by atoms with Crippen molar-refractivity contribution < 1.29 is 19.1 Å². The summed E-state index contributed by atoms with van der Waals surface area (Å²) in [6.45, 7) is 7.92. The molecule has 130 valence electrons. The number of rotatable bonds is 6. The van der Waals surface area contributed by atoms with Crippen molar-refractivity contribution in [2.45, 2.75) is 58.6 Å². The second kappa shape index (κ2) is 9.22. The molecule has 0 aromatic heterocycles. The summed E-state index contributed by atoms with van der Waals surface area (Å²) in [4.78, 5) is 23.4. The van der Waals surface area contributed by atoms with Gasteiger partial charge in [0.1, 0.15) is 12.2 Å². The van der Waals surface area contributed by atoms with E-state index in [1.807, 2.05) is 19.1 Å². The standard InChI is InChI=1S/C17H28N2O4/c1-5-14(11-18-15(20)23-17(2,3)4)19-16(21)22-12-13-9-7-6-8-10-13/h6-7,9,14H,5,8,10-12H2,1-4H3,(H,18,20)(H,19,21)/t14-/m1/s1. The van der Waals surface area contributed by atoms with Gasteiger partial charge in [0.25, 0.3) is 0 Å². The van der Waals surface area contributed by atoms with Crippen LogP contribution in [0, 0.1) is 0 Å². The maximum absolute atomic E-state index is 11.8. The van der Waals surface area contributed by atoms with E-state index in [9.17, 15) is 9.59 Å². The third kappa shape index (κ3) is 8.90. The second-order valence-corrected chi connectivity index (χ2v) is 6.50. The van der Waals surface area contributed by atoms with Crippen molar-refractivity contribution in [3.8, 4) is 0 Å². The van der Waals surface area contributed by atoms with Gasteiger partial charge in [-0.1, -0.05) is 25.2 Å². The quantitative estimate of drug-likeness (QED) is 0.786. The van der Waals surface area contributed by atoms with E-state index < -0.39 is 17.8 Å². The van der Waals surface area contributed by atoms with Crippen LogP contribution in [-0.2, 0) is 9.47 Å². The minimum absolute atomic E-state index is 0.199. The first-order valence-electron chi connectivity index (χ1n) is 8.05. The molecule has 1 rings (SSSR count). The molecule has 1 aliphatic rings. The third-order valence-corrected chi connectivity index (χ3v) is 3.20. The van der Waals surface area contributed by atoms with Gasteiger partial charge in [-0.15, -0.1) is 0 Å². The Bertz CT molecular complexity index is 464. The van der Waals surface area contributed by atoms with E-state index in [1.54, 1.807) is 20.8 Å². The molecule has 2 amide bonds. The zero-order chi connectivity index (χ0) is 17.3. The predicted molar refractivity (Wildman–Crippen MR) is 89.3 cm³/mol. The Morgan fingerprint density at radius 2 is 2.04 bits per heavy atom. The van der Waals surface area contributed by atoms with Crippen molar-refractivity contribution >= 4 is 12.2 Å². The molecule has 0 aliphatic heterocycles. The molecular weight excluding hydrogens is 296 g/mol. The highest BCUT2D eigenvalue weighted by Gasteiger charge is 2.18. The van der Waals surface area contributed by atoms with Crippen molar-refractivity contribution in [2.75, 3.05) is 13.2 Å². The van der Waals surface area contributed by atoms with E-state index in [1.165, 1.54) is 0 Å². The number of amides is 2. The number of ether oxygens (including phenoxy) is 2. The van der Waals surface area contributed by atoms with Crippen LogP contribution in [0.2, 0.25) is 0 Å². The average Bonchev–Trinajstić information content (AvgIpc) is 2.48. The fourth-order valence-electron chi connectivity index (χ4n) is 1.96. The first kappa shape index (κ1) is 19.1. The Kier molecular flexibility index (Phi) is 7.65. The van der Waals surface area contributed by atoms with Crippen LogP contribution in [0.15, 0.2) is 23.8 Å². The Labute approximate surface area is 138 Å². The summed E-state index contributed by atoms with van der Waals surface area (Å²) >= 11 is 0. The highest BCUT2D eigenvalue weighted by atomic mass is 16.6. The molecule has 2 N–H and O–H groups in total. The topological polar surface area (TPSA) is 76.7 Å². The highest BCUT2D eigenvalue weighted by molar-refractivity contribution is 5.69. The fourth-order valence-corrected chi connectivity index (χ4v) is 1.96. The van der Waals surface area contributed by atoms with Crippen molar-refractivity contribution in [1.29, 1.82) is 0 Å². The van der Waals surface area contributed by atoms with Gasteiger partial charge in [0.05, 0.1) is 0 Å². The Balaban J connectivity index is 2.28. The number of nitrogens with one attached hydrogen (secondary N) is 2. The first-order valence-corrected chi connectivity index (χ1v) is 8.05. The van der Waals surface area contributed by atoms with E-state index in [0.717, 1.165) is 18.4 Å². The lowest BCUT2D eigenvalue weighted by molar-refractivity contribution is 0.0520. The zero-order valence-electron chi connectivity index (χ0n) is 14.5. The molecule has 0 fully saturated rings. The van der Waals surface area contributed by atoms with Crippen molar-refractivity contribution in [2.24, 2.45) is 0 Å². The van der Waals surface area contributed by atoms with Gasteiger partial charge >= 0.3 is 12.2 Å². The second-order valence-electron chi connectivity index (χ2n) is 6.50. The minimum atomic E-state index is -0.541. The molecule has 0 bridgehead atoms. The monoisotopic (exact) mass is 324 g/mol. The van der Waals surface area contributed by atoms with Crippen LogP contribution >= 0.6 is 0 Å². The summed E-state index contributed by atoms with van der Waals surface area (Å²) in [6, 6.07) is -0.199. The molecule has 0 saturated heterocycles. The Morgan fingerprint density at radius 3 is 2.61 bits per heavy atom. The summed E-state index contributed by atoms with van der Waals surface area (Å²) in [7, 11) is 0. The lowest BCUT2D eigenvalue weighted by atomic mass is 10.1. The molecule has 6 nitrogen and oxygen atoms in total. The lowest BCUT2D eigenvalue weighted by Gasteiger charge is -2.22. The number of hydrogen-bond donors (Lipinski definition) is 2. The average molecular weight is 324 g/mol. The number of allylic oxidation sites excluding steroid dienone is 3. The number of carbonyl (C=O) groups is 2. The maximum atomic E-state index is 11.8. The zero-order valence-corrected chi connectivity index (χ0v) is 14.5. The molecule has 1 atom stereocenters. The van der Waals surface area contributed by atoms with Crippen LogP contribution < -0.4 is 10.6 Å². The molecule has 6 heteroatoms. The van der Waals surface area contributed by atoms with Crippen LogP contribution in [0.4, 0.5) is 9.59 Å². The molecule has 0 radical (unpaired) electrons. The lowest BCUT2D eigenvalue weighted by Crippen LogP contribution is -2.44. The number of carbonyl (C=O) groups excluding carboxylic acids is 2. The number of alkyl carbamates (subject to hydrolysis) is 2. The van der Waals surface area contributed by atoms with E-state index in [4.69, 9.17) is 9.47 Å². The summed E-state index contributed by atoms with van der Waals surface area (Å²) in [5, 5.41) is 5.40. The van der Waals surface area contributed by atoms with E-state index in [0.29, 0.717) is 19.6 Å². The van der Waals surface area contributed by atoms with Crippen molar-refractivity contribution in [3.05, 3.63) is 23.8 Å². The van der Waals surface area contributed by atoms with Crippen LogP contribution in [0.25, 0.3) is 0 Å². The first-order chi connectivity index (χ1) is 10.8.